The van der Waals surface area contributed by atoms with Crippen molar-refractivity contribution in [1.82, 2.24) is 9.80 Å². The van der Waals surface area contributed by atoms with Crippen LogP contribution in [0, 0.1) is 5.41 Å². The van der Waals surface area contributed by atoms with E-state index in [2.05, 4.69) is 9.80 Å². The summed E-state index contributed by atoms with van der Waals surface area (Å²) in [6, 6.07) is 0. The Morgan fingerprint density at radius 1 is 0.571 bits per heavy atom. The second kappa shape index (κ2) is 8.86. The summed E-state index contributed by atoms with van der Waals surface area (Å²) in [6.45, 7) is 10.6. The van der Waals surface area contributed by atoms with Gasteiger partial charge < -0.3 is 18.9 Å². The number of nitrogens with zero attached hydrogens (tertiary/aromatic N) is 2. The second-order valence-electron chi connectivity index (χ2n) is 9.90. The summed E-state index contributed by atoms with van der Waals surface area (Å²) in [7, 11) is 0. The highest BCUT2D eigenvalue weighted by Crippen LogP contribution is 2.43. The van der Waals surface area contributed by atoms with E-state index >= 15 is 0 Å². The molecule has 4 unspecified atom stereocenters. The van der Waals surface area contributed by atoms with Crippen LogP contribution >= 0.6 is 0 Å². The van der Waals surface area contributed by atoms with Crippen LogP contribution in [-0.2, 0) is 18.9 Å². The summed E-state index contributed by atoms with van der Waals surface area (Å²) in [5.41, 5.74) is 0.526. The van der Waals surface area contributed by atoms with Crippen LogP contribution < -0.4 is 0 Å². The van der Waals surface area contributed by atoms with Gasteiger partial charge in [-0.3, -0.25) is 9.80 Å². The quantitative estimate of drug-likeness (QED) is 0.420. The van der Waals surface area contributed by atoms with E-state index in [0.717, 1.165) is 52.6 Å². The van der Waals surface area contributed by atoms with Crippen molar-refractivity contribution in [3.05, 3.63) is 0 Å². The first-order valence-corrected chi connectivity index (χ1v) is 11.7. The Kier molecular flexibility index (Phi) is 6.24. The molecule has 0 N–H and O–H groups in total. The fraction of sp³-hybridized carbons (Fsp3) is 1.00. The molecule has 0 amide bonds. The molecule has 160 valence electrons. The zero-order valence-corrected chi connectivity index (χ0v) is 17.4. The highest BCUT2D eigenvalue weighted by Gasteiger charge is 2.37. The van der Waals surface area contributed by atoms with E-state index in [1.165, 1.54) is 58.0 Å². The second-order valence-corrected chi connectivity index (χ2v) is 9.90. The minimum absolute atomic E-state index is 0.480. The molecule has 1 aliphatic carbocycles. The largest absolute Gasteiger partial charge is 0.372 e. The Morgan fingerprint density at radius 3 is 1.25 bits per heavy atom. The van der Waals surface area contributed by atoms with Gasteiger partial charge in [0.1, 0.15) is 0 Å². The van der Waals surface area contributed by atoms with Gasteiger partial charge in [-0.2, -0.15) is 0 Å². The molecule has 1 saturated carbocycles. The molecule has 0 spiro atoms. The summed E-state index contributed by atoms with van der Waals surface area (Å²) in [5, 5.41) is 0. The molecule has 0 radical (unpaired) electrons. The first-order valence-electron chi connectivity index (χ1n) is 11.7. The highest BCUT2D eigenvalue weighted by molar-refractivity contribution is 4.88. The number of hydrogen-bond acceptors (Lipinski definition) is 6. The fourth-order valence-electron chi connectivity index (χ4n) is 5.08. The predicted octanol–water partition coefficient (Wildman–Crippen LogP) is 1.92. The van der Waals surface area contributed by atoms with Crippen molar-refractivity contribution in [3.8, 4) is 0 Å². The van der Waals surface area contributed by atoms with E-state index in [-0.39, 0.29) is 0 Å². The van der Waals surface area contributed by atoms with Crippen LogP contribution in [0.1, 0.15) is 44.9 Å². The van der Waals surface area contributed by atoms with Crippen LogP contribution in [0.5, 0.6) is 0 Å². The smallest absolute Gasteiger partial charge is 0.0936 e. The van der Waals surface area contributed by atoms with Gasteiger partial charge in [-0.1, -0.05) is 19.3 Å². The molecule has 5 fully saturated rings. The van der Waals surface area contributed by atoms with Gasteiger partial charge >= 0.3 is 0 Å². The summed E-state index contributed by atoms with van der Waals surface area (Å²) < 4.78 is 22.0. The number of rotatable bonds is 14. The maximum absolute atomic E-state index is 5.51. The van der Waals surface area contributed by atoms with E-state index < -0.39 is 0 Å². The van der Waals surface area contributed by atoms with Gasteiger partial charge in [0.2, 0.25) is 0 Å². The van der Waals surface area contributed by atoms with Gasteiger partial charge in [-0.25, -0.2) is 0 Å². The summed E-state index contributed by atoms with van der Waals surface area (Å²) in [4.78, 5) is 5.25. The number of ether oxygens (including phenoxy) is 4. The molecule has 6 nitrogen and oxygen atoms in total. The van der Waals surface area contributed by atoms with Crippen LogP contribution in [0.2, 0.25) is 0 Å². The van der Waals surface area contributed by atoms with Crippen LogP contribution in [0.15, 0.2) is 0 Å². The molecule has 28 heavy (non-hydrogen) atoms. The van der Waals surface area contributed by atoms with Crippen molar-refractivity contribution in [2.24, 2.45) is 5.41 Å². The lowest BCUT2D eigenvalue weighted by Crippen LogP contribution is -2.39. The molecule has 0 bridgehead atoms. The highest BCUT2D eigenvalue weighted by atomic mass is 16.6. The minimum atomic E-state index is 0.480. The van der Waals surface area contributed by atoms with Crippen LogP contribution in [-0.4, -0.2) is 99.9 Å². The van der Waals surface area contributed by atoms with Crippen molar-refractivity contribution in [3.63, 3.8) is 0 Å². The molecular weight excluding hydrogens is 356 g/mol. The third-order valence-electron chi connectivity index (χ3n) is 7.29. The molecule has 6 heteroatoms. The zero-order valence-electron chi connectivity index (χ0n) is 17.4. The summed E-state index contributed by atoms with van der Waals surface area (Å²) in [5.74, 6) is 0. The van der Waals surface area contributed by atoms with Crippen molar-refractivity contribution in [2.45, 2.75) is 69.4 Å². The normalized spacial score (nSPS) is 35.4. The van der Waals surface area contributed by atoms with E-state index in [4.69, 9.17) is 18.9 Å². The summed E-state index contributed by atoms with van der Waals surface area (Å²) in [6.07, 6.45) is 11.7. The van der Waals surface area contributed by atoms with Crippen molar-refractivity contribution >= 4 is 0 Å². The van der Waals surface area contributed by atoms with Crippen molar-refractivity contribution < 1.29 is 18.9 Å². The third-order valence-corrected chi connectivity index (χ3v) is 7.29. The van der Waals surface area contributed by atoms with Crippen molar-refractivity contribution in [1.29, 1.82) is 0 Å². The Morgan fingerprint density at radius 2 is 0.929 bits per heavy atom. The van der Waals surface area contributed by atoms with E-state index in [9.17, 15) is 0 Å². The average molecular weight is 395 g/mol. The third kappa shape index (κ3) is 6.38. The van der Waals surface area contributed by atoms with Gasteiger partial charge in [0.05, 0.1) is 50.8 Å². The Hall–Kier alpha value is -0.240. The fourth-order valence-corrected chi connectivity index (χ4v) is 5.08. The average Bonchev–Trinajstić information content (AvgIpc) is 3.55. The van der Waals surface area contributed by atoms with Gasteiger partial charge in [0, 0.05) is 26.2 Å². The molecule has 4 aliphatic heterocycles. The van der Waals surface area contributed by atoms with Crippen LogP contribution in [0.25, 0.3) is 0 Å². The molecule has 0 aromatic carbocycles. The molecule has 4 atom stereocenters. The number of hydrogen-bond donors (Lipinski definition) is 0. The van der Waals surface area contributed by atoms with Gasteiger partial charge in [0.15, 0.2) is 0 Å². The lowest BCUT2D eigenvalue weighted by molar-refractivity contribution is 0.0989. The molecule has 5 aliphatic rings. The van der Waals surface area contributed by atoms with Gasteiger partial charge in [0.25, 0.3) is 0 Å². The molecule has 0 aromatic rings. The molecule has 4 saturated heterocycles. The molecule has 4 heterocycles. The molecule has 5 rings (SSSR count). The lowest BCUT2D eigenvalue weighted by Gasteiger charge is -2.40. The lowest BCUT2D eigenvalue weighted by atomic mass is 9.69. The standard InChI is InChI=1S/C22H38N2O4/c1-2-4-22(5-3-1,6-8-23(10-18-14-25-18)11-19-15-26-19)7-9-24(12-20-16-27-20)13-21-17-28-21/h18-21H,1-17H2. The maximum Gasteiger partial charge on any atom is 0.0936 e. The predicted molar refractivity (Wildman–Crippen MR) is 107 cm³/mol. The van der Waals surface area contributed by atoms with E-state index in [1.54, 1.807) is 0 Å². The van der Waals surface area contributed by atoms with E-state index in [1.807, 2.05) is 0 Å². The first kappa shape index (κ1) is 19.7. The van der Waals surface area contributed by atoms with Gasteiger partial charge in [-0.05, 0) is 44.2 Å². The zero-order chi connectivity index (χ0) is 18.8. The minimum Gasteiger partial charge on any atom is -0.372 e. The van der Waals surface area contributed by atoms with Gasteiger partial charge in [-0.15, -0.1) is 0 Å². The maximum atomic E-state index is 5.51. The Bertz CT molecular complexity index is 431. The SMILES string of the molecule is C1CCC(CCN(CC2CO2)CC2CO2)(CCN(CC2CO2)CC2CO2)CC1. The van der Waals surface area contributed by atoms with Crippen LogP contribution in [0.3, 0.4) is 0 Å². The Balaban J connectivity index is 1.14. The molecular formula is C22H38N2O4. The monoisotopic (exact) mass is 394 g/mol. The molecule has 0 aromatic heterocycles. The number of epoxide rings is 4. The topological polar surface area (TPSA) is 56.6 Å². The van der Waals surface area contributed by atoms with E-state index in [0.29, 0.717) is 29.8 Å². The van der Waals surface area contributed by atoms with Crippen molar-refractivity contribution in [2.75, 3.05) is 65.7 Å². The first-order chi connectivity index (χ1) is 13.8. The summed E-state index contributed by atoms with van der Waals surface area (Å²) >= 11 is 0. The Labute approximate surface area is 169 Å². The van der Waals surface area contributed by atoms with Crippen LogP contribution in [0.4, 0.5) is 0 Å².